The van der Waals surface area contributed by atoms with Gasteiger partial charge in [0.2, 0.25) is 0 Å². The van der Waals surface area contributed by atoms with Gasteiger partial charge in [-0.15, -0.1) is 11.6 Å². The van der Waals surface area contributed by atoms with Crippen molar-refractivity contribution >= 4 is 17.9 Å². The fraction of sp³-hybridized carbons (Fsp3) is 0.417. The number of carbonyl (C=O) groups excluding carboxylic acids is 1. The standard InChI is InChI=1S/C12H12ClF3O3/c13-2-1-10(18)11(19)8-3-7(6-17)4-9(5-8)12(14,15)16/h3-6,10-11,18-19H,1-2H2. The van der Waals surface area contributed by atoms with Gasteiger partial charge in [0.05, 0.1) is 11.7 Å². The number of halogens is 4. The zero-order valence-corrected chi connectivity index (χ0v) is 10.4. The monoisotopic (exact) mass is 296 g/mol. The van der Waals surface area contributed by atoms with E-state index < -0.39 is 23.9 Å². The van der Waals surface area contributed by atoms with Crippen molar-refractivity contribution in [1.29, 1.82) is 0 Å². The molecule has 1 aromatic rings. The van der Waals surface area contributed by atoms with Crippen molar-refractivity contribution in [1.82, 2.24) is 0 Å². The third kappa shape index (κ3) is 4.19. The van der Waals surface area contributed by atoms with Gasteiger partial charge < -0.3 is 10.2 Å². The van der Waals surface area contributed by atoms with Crippen molar-refractivity contribution in [2.75, 3.05) is 5.88 Å². The SMILES string of the molecule is O=Cc1cc(C(O)C(O)CCCl)cc(C(F)(F)F)c1. The topological polar surface area (TPSA) is 57.5 Å². The number of rotatable bonds is 5. The number of alkyl halides is 4. The largest absolute Gasteiger partial charge is 0.416 e. The van der Waals surface area contributed by atoms with Crippen molar-refractivity contribution in [3.05, 3.63) is 34.9 Å². The molecule has 19 heavy (non-hydrogen) atoms. The first kappa shape index (κ1) is 15.9. The first-order valence-electron chi connectivity index (χ1n) is 5.39. The summed E-state index contributed by atoms with van der Waals surface area (Å²) in [6.07, 6.45) is -7.18. The molecule has 0 heterocycles. The summed E-state index contributed by atoms with van der Waals surface area (Å²) in [7, 11) is 0. The van der Waals surface area contributed by atoms with Crippen molar-refractivity contribution in [2.45, 2.75) is 24.8 Å². The molecule has 0 spiro atoms. The molecule has 0 radical (unpaired) electrons. The fourth-order valence-electron chi connectivity index (χ4n) is 1.57. The van der Waals surface area contributed by atoms with Gasteiger partial charge in [0, 0.05) is 11.4 Å². The van der Waals surface area contributed by atoms with Crippen LogP contribution in [-0.4, -0.2) is 28.5 Å². The molecule has 2 unspecified atom stereocenters. The number of aliphatic hydroxyl groups is 2. The molecule has 3 nitrogen and oxygen atoms in total. The molecule has 0 saturated heterocycles. The molecule has 1 rings (SSSR count). The highest BCUT2D eigenvalue weighted by Crippen LogP contribution is 2.32. The van der Waals surface area contributed by atoms with Crippen molar-refractivity contribution < 1.29 is 28.2 Å². The van der Waals surface area contributed by atoms with Crippen LogP contribution in [0.25, 0.3) is 0 Å². The van der Waals surface area contributed by atoms with Gasteiger partial charge in [-0.05, 0) is 30.2 Å². The Kier molecular flexibility index (Phi) is 5.34. The van der Waals surface area contributed by atoms with E-state index in [9.17, 15) is 28.2 Å². The van der Waals surface area contributed by atoms with Crippen LogP contribution in [0.5, 0.6) is 0 Å². The smallest absolute Gasteiger partial charge is 0.390 e. The zero-order valence-electron chi connectivity index (χ0n) is 9.69. The van der Waals surface area contributed by atoms with Gasteiger partial charge in [-0.3, -0.25) is 4.79 Å². The van der Waals surface area contributed by atoms with E-state index in [1.807, 2.05) is 0 Å². The van der Waals surface area contributed by atoms with Gasteiger partial charge >= 0.3 is 6.18 Å². The molecule has 106 valence electrons. The normalized spacial score (nSPS) is 15.1. The average molecular weight is 297 g/mol. The van der Waals surface area contributed by atoms with Crippen LogP contribution in [0.15, 0.2) is 18.2 Å². The van der Waals surface area contributed by atoms with E-state index in [-0.39, 0.29) is 29.7 Å². The molecule has 0 aliphatic heterocycles. The summed E-state index contributed by atoms with van der Waals surface area (Å²) >= 11 is 5.38. The molecular weight excluding hydrogens is 285 g/mol. The molecule has 2 N–H and O–H groups in total. The average Bonchev–Trinajstić information content (AvgIpc) is 2.36. The summed E-state index contributed by atoms with van der Waals surface area (Å²) in [6.45, 7) is 0. The zero-order chi connectivity index (χ0) is 14.6. The summed E-state index contributed by atoms with van der Waals surface area (Å²) < 4.78 is 37.8. The highest BCUT2D eigenvalue weighted by Gasteiger charge is 2.32. The Morgan fingerprint density at radius 1 is 1.26 bits per heavy atom. The first-order valence-corrected chi connectivity index (χ1v) is 5.92. The van der Waals surface area contributed by atoms with Gasteiger partial charge in [0.15, 0.2) is 0 Å². The Morgan fingerprint density at radius 3 is 2.37 bits per heavy atom. The third-order valence-corrected chi connectivity index (χ3v) is 2.77. The van der Waals surface area contributed by atoms with E-state index >= 15 is 0 Å². The highest BCUT2D eigenvalue weighted by molar-refractivity contribution is 6.17. The van der Waals surface area contributed by atoms with Crippen LogP contribution in [0.4, 0.5) is 13.2 Å². The maximum atomic E-state index is 12.6. The molecule has 7 heteroatoms. The van der Waals surface area contributed by atoms with Crippen LogP contribution in [0.2, 0.25) is 0 Å². The number of aldehydes is 1. The van der Waals surface area contributed by atoms with E-state index in [1.165, 1.54) is 0 Å². The Labute approximate surface area is 112 Å². The van der Waals surface area contributed by atoms with E-state index in [0.29, 0.717) is 12.1 Å². The van der Waals surface area contributed by atoms with Crippen LogP contribution < -0.4 is 0 Å². The minimum Gasteiger partial charge on any atom is -0.390 e. The maximum absolute atomic E-state index is 12.6. The van der Waals surface area contributed by atoms with Crippen LogP contribution in [0, 0.1) is 0 Å². The highest BCUT2D eigenvalue weighted by atomic mass is 35.5. The molecule has 0 aromatic heterocycles. The molecule has 0 fully saturated rings. The van der Waals surface area contributed by atoms with E-state index in [4.69, 9.17) is 11.6 Å². The second-order valence-electron chi connectivity index (χ2n) is 3.99. The van der Waals surface area contributed by atoms with Crippen LogP contribution in [-0.2, 0) is 6.18 Å². The molecular formula is C12H12ClF3O3. The Balaban J connectivity index is 3.16. The van der Waals surface area contributed by atoms with Gasteiger partial charge in [-0.2, -0.15) is 13.2 Å². The predicted molar refractivity (Wildman–Crippen MR) is 63.1 cm³/mol. The number of aliphatic hydroxyl groups excluding tert-OH is 2. The molecule has 0 amide bonds. The van der Waals surface area contributed by atoms with Crippen LogP contribution in [0.1, 0.15) is 34.0 Å². The predicted octanol–water partition coefficient (Wildman–Crippen LogP) is 2.54. The fourth-order valence-corrected chi connectivity index (χ4v) is 1.79. The van der Waals surface area contributed by atoms with Gasteiger partial charge in [-0.1, -0.05) is 0 Å². The molecule has 0 aliphatic rings. The van der Waals surface area contributed by atoms with Crippen molar-refractivity contribution in [3.63, 3.8) is 0 Å². The van der Waals surface area contributed by atoms with E-state index in [1.54, 1.807) is 0 Å². The van der Waals surface area contributed by atoms with Crippen molar-refractivity contribution in [3.8, 4) is 0 Å². The Hall–Kier alpha value is -1.11. The summed E-state index contributed by atoms with van der Waals surface area (Å²) in [5.74, 6) is 0.0533. The first-order chi connectivity index (χ1) is 8.79. The number of hydrogen-bond acceptors (Lipinski definition) is 3. The second kappa shape index (κ2) is 6.36. The third-order valence-electron chi connectivity index (χ3n) is 2.55. The quantitative estimate of drug-likeness (QED) is 0.648. The molecule has 0 aliphatic carbocycles. The summed E-state index contributed by atoms with van der Waals surface area (Å²) in [5, 5.41) is 19.3. The minimum atomic E-state index is -4.63. The summed E-state index contributed by atoms with van der Waals surface area (Å²) in [5.41, 5.74) is -1.44. The number of carbonyl (C=O) groups is 1. The van der Waals surface area contributed by atoms with E-state index in [2.05, 4.69) is 0 Å². The van der Waals surface area contributed by atoms with Crippen LogP contribution >= 0.6 is 11.6 Å². The number of benzene rings is 1. The molecule has 0 saturated carbocycles. The Morgan fingerprint density at radius 2 is 1.89 bits per heavy atom. The lowest BCUT2D eigenvalue weighted by Crippen LogP contribution is -2.19. The van der Waals surface area contributed by atoms with Gasteiger partial charge in [-0.25, -0.2) is 0 Å². The lowest BCUT2D eigenvalue weighted by molar-refractivity contribution is -0.137. The summed E-state index contributed by atoms with van der Waals surface area (Å²) in [6, 6.07) is 2.48. The minimum absolute atomic E-state index is 0.0232. The maximum Gasteiger partial charge on any atom is 0.416 e. The Bertz CT molecular complexity index is 448. The lowest BCUT2D eigenvalue weighted by Gasteiger charge is -2.19. The molecule has 1 aromatic carbocycles. The molecule has 0 bridgehead atoms. The summed E-state index contributed by atoms with van der Waals surface area (Å²) in [4.78, 5) is 10.6. The second-order valence-corrected chi connectivity index (χ2v) is 4.37. The van der Waals surface area contributed by atoms with Crippen LogP contribution in [0.3, 0.4) is 0 Å². The van der Waals surface area contributed by atoms with Gasteiger partial charge in [0.1, 0.15) is 12.4 Å². The number of hydrogen-bond donors (Lipinski definition) is 2. The van der Waals surface area contributed by atoms with Gasteiger partial charge in [0.25, 0.3) is 0 Å². The van der Waals surface area contributed by atoms with E-state index in [0.717, 1.165) is 6.07 Å². The lowest BCUT2D eigenvalue weighted by atomic mass is 9.98. The van der Waals surface area contributed by atoms with Crippen molar-refractivity contribution in [2.24, 2.45) is 0 Å². The molecule has 2 atom stereocenters.